The molecule has 9 nitrogen and oxygen atoms in total. The van der Waals surface area contributed by atoms with E-state index in [1.165, 1.54) is 0 Å². The molecular formula is C30H40N6O3. The molecule has 2 fully saturated rings. The van der Waals surface area contributed by atoms with Gasteiger partial charge in [0.05, 0.1) is 18.6 Å². The van der Waals surface area contributed by atoms with Gasteiger partial charge < -0.3 is 24.5 Å². The quantitative estimate of drug-likeness (QED) is 0.413. The maximum Gasteiger partial charge on any atom is 0.263 e. The van der Waals surface area contributed by atoms with Gasteiger partial charge in [-0.2, -0.15) is 0 Å². The highest BCUT2D eigenvalue weighted by molar-refractivity contribution is 6.04. The number of aromatic nitrogens is 4. The van der Waals surface area contributed by atoms with Crippen LogP contribution in [0.2, 0.25) is 0 Å². The minimum Gasteiger partial charge on any atom is -0.381 e. The van der Waals surface area contributed by atoms with Crippen LogP contribution in [0.4, 0.5) is 5.69 Å². The molecule has 1 aromatic carbocycles. The van der Waals surface area contributed by atoms with Crippen LogP contribution >= 0.6 is 0 Å². The van der Waals surface area contributed by atoms with E-state index in [2.05, 4.69) is 54.6 Å². The Morgan fingerprint density at radius 2 is 1.97 bits per heavy atom. The first-order valence-corrected chi connectivity index (χ1v) is 13.8. The number of pyridine rings is 1. The van der Waals surface area contributed by atoms with Crippen molar-refractivity contribution >= 4 is 11.6 Å². The first-order chi connectivity index (χ1) is 18.6. The third-order valence-corrected chi connectivity index (χ3v) is 7.80. The van der Waals surface area contributed by atoms with Crippen LogP contribution in [0.25, 0.3) is 0 Å². The first-order valence-electron chi connectivity index (χ1n) is 13.8. The number of nitrogens with one attached hydrogen (secondary N) is 2. The van der Waals surface area contributed by atoms with Gasteiger partial charge in [-0.3, -0.25) is 9.59 Å². The van der Waals surface area contributed by atoms with Crippen LogP contribution in [0.3, 0.4) is 0 Å². The third-order valence-electron chi connectivity index (χ3n) is 7.80. The van der Waals surface area contributed by atoms with E-state index in [1.54, 1.807) is 17.0 Å². The van der Waals surface area contributed by atoms with Crippen LogP contribution in [0.1, 0.15) is 67.8 Å². The van der Waals surface area contributed by atoms with Gasteiger partial charge in [-0.05, 0) is 60.0 Å². The monoisotopic (exact) mass is 532 g/mol. The van der Waals surface area contributed by atoms with Crippen molar-refractivity contribution in [2.75, 3.05) is 25.1 Å². The lowest BCUT2D eigenvalue weighted by molar-refractivity contribution is -0.0398. The zero-order valence-corrected chi connectivity index (χ0v) is 23.7. The van der Waals surface area contributed by atoms with Crippen LogP contribution in [0.5, 0.6) is 0 Å². The highest BCUT2D eigenvalue weighted by Gasteiger charge is 2.53. The summed E-state index contributed by atoms with van der Waals surface area (Å²) in [6, 6.07) is 9.65. The molecule has 1 saturated carbocycles. The molecule has 2 N–H and O–H groups in total. The van der Waals surface area contributed by atoms with E-state index < -0.39 is 5.91 Å². The number of hydrogen-bond donors (Lipinski definition) is 2. The Hall–Kier alpha value is -3.30. The van der Waals surface area contributed by atoms with Gasteiger partial charge in [0.25, 0.3) is 11.5 Å². The molecule has 208 valence electrons. The Labute approximate surface area is 230 Å². The van der Waals surface area contributed by atoms with E-state index in [4.69, 9.17) is 4.74 Å². The van der Waals surface area contributed by atoms with Gasteiger partial charge >= 0.3 is 0 Å². The molecule has 0 radical (unpaired) electrons. The van der Waals surface area contributed by atoms with E-state index >= 15 is 0 Å². The SMILES string of the molecule is CC(C)CNCc1cc(C(=O)Nc2cccc(C3(c4nncn4C)CC(C)(C)C3)c2)c(=O)n(CC2COC2)c1. The summed E-state index contributed by atoms with van der Waals surface area (Å²) in [6.45, 7) is 12.1. The molecule has 9 heteroatoms. The van der Waals surface area contributed by atoms with E-state index in [1.807, 2.05) is 36.0 Å². The van der Waals surface area contributed by atoms with Gasteiger partial charge in [-0.25, -0.2) is 0 Å². The maximum absolute atomic E-state index is 13.5. The standard InChI is InChI=1S/C30H40N6O3/c1-20(2)11-31-12-21-9-25(27(38)36(13-21)14-22-15-39-16-22)26(37)33-24-8-6-7-23(10-24)30(17-29(3,4)18-30)28-34-32-19-35(28)5/h6-10,13,19-20,22,31H,11-12,14-18H2,1-5H3,(H,33,37). The number of ether oxygens (including phenoxy) is 1. The van der Waals surface area contributed by atoms with Gasteiger partial charge in [0.1, 0.15) is 17.7 Å². The number of rotatable bonds is 10. The number of hydrogen-bond acceptors (Lipinski definition) is 6. The minimum atomic E-state index is -0.400. The fourth-order valence-corrected chi connectivity index (χ4v) is 6.15. The van der Waals surface area contributed by atoms with Crippen molar-refractivity contribution in [1.29, 1.82) is 0 Å². The molecule has 3 aromatic rings. The molecule has 39 heavy (non-hydrogen) atoms. The van der Waals surface area contributed by atoms with Crippen LogP contribution in [0.15, 0.2) is 47.7 Å². The number of carbonyl (C=O) groups is 1. The van der Waals surface area contributed by atoms with Gasteiger partial charge in [0.15, 0.2) is 0 Å². The summed E-state index contributed by atoms with van der Waals surface area (Å²) in [5, 5.41) is 15.0. The zero-order valence-electron chi connectivity index (χ0n) is 23.7. The molecule has 0 spiro atoms. The van der Waals surface area contributed by atoms with Crippen molar-refractivity contribution < 1.29 is 9.53 Å². The van der Waals surface area contributed by atoms with Crippen molar-refractivity contribution in [3.63, 3.8) is 0 Å². The number of nitrogens with zero attached hydrogens (tertiary/aromatic N) is 4. The predicted octanol–water partition coefficient (Wildman–Crippen LogP) is 3.73. The Morgan fingerprint density at radius 1 is 1.21 bits per heavy atom. The normalized spacial score (nSPS) is 18.0. The Balaban J connectivity index is 1.42. The van der Waals surface area contributed by atoms with Gasteiger partial charge in [-0.15, -0.1) is 10.2 Å². The molecule has 1 amide bonds. The Kier molecular flexibility index (Phi) is 7.48. The maximum atomic E-state index is 13.5. The van der Waals surface area contributed by atoms with E-state index in [0.29, 0.717) is 37.9 Å². The van der Waals surface area contributed by atoms with Gasteiger partial charge in [-0.1, -0.05) is 39.8 Å². The molecule has 0 atom stereocenters. The van der Waals surface area contributed by atoms with Crippen molar-refractivity contribution in [3.8, 4) is 0 Å². The zero-order chi connectivity index (χ0) is 27.8. The van der Waals surface area contributed by atoms with Crippen LogP contribution < -0.4 is 16.2 Å². The lowest BCUT2D eigenvalue weighted by Crippen LogP contribution is -2.49. The highest BCUT2D eigenvalue weighted by atomic mass is 16.5. The second kappa shape index (κ2) is 10.7. The molecule has 0 unspecified atom stereocenters. The highest BCUT2D eigenvalue weighted by Crippen LogP contribution is 2.58. The van der Waals surface area contributed by atoms with Crippen molar-refractivity contribution in [2.24, 2.45) is 24.3 Å². The molecule has 5 rings (SSSR count). The smallest absolute Gasteiger partial charge is 0.263 e. The van der Waals surface area contributed by atoms with Gasteiger partial charge in [0.2, 0.25) is 0 Å². The summed E-state index contributed by atoms with van der Waals surface area (Å²) in [5.74, 6) is 1.32. The molecule has 3 heterocycles. The number of carbonyl (C=O) groups excluding carboxylic acids is 1. The van der Waals surface area contributed by atoms with Gasteiger partial charge in [0, 0.05) is 37.9 Å². The first kappa shape index (κ1) is 27.3. The summed E-state index contributed by atoms with van der Waals surface area (Å²) in [7, 11) is 1.97. The summed E-state index contributed by atoms with van der Waals surface area (Å²) in [4.78, 5) is 26.9. The number of amides is 1. The van der Waals surface area contributed by atoms with E-state index in [-0.39, 0.29) is 27.9 Å². The molecule has 0 bridgehead atoms. The third kappa shape index (κ3) is 5.70. The lowest BCUT2D eigenvalue weighted by Gasteiger charge is -2.52. The average Bonchev–Trinajstić information content (AvgIpc) is 3.27. The van der Waals surface area contributed by atoms with Crippen LogP contribution in [-0.2, 0) is 30.3 Å². The summed E-state index contributed by atoms with van der Waals surface area (Å²) < 4.78 is 8.96. The van der Waals surface area contributed by atoms with Crippen LogP contribution in [-0.4, -0.2) is 45.0 Å². The summed E-state index contributed by atoms with van der Waals surface area (Å²) in [6.07, 6.45) is 5.47. The average molecular weight is 533 g/mol. The second-order valence-electron chi connectivity index (χ2n) is 12.5. The van der Waals surface area contributed by atoms with E-state index in [0.717, 1.165) is 36.3 Å². The fraction of sp³-hybridized carbons (Fsp3) is 0.533. The molecule has 1 aliphatic carbocycles. The molecular weight excluding hydrogens is 492 g/mol. The predicted molar refractivity (Wildman–Crippen MR) is 151 cm³/mol. The lowest BCUT2D eigenvalue weighted by atomic mass is 9.51. The molecule has 1 aliphatic heterocycles. The Morgan fingerprint density at radius 3 is 2.59 bits per heavy atom. The topological polar surface area (TPSA) is 103 Å². The largest absolute Gasteiger partial charge is 0.381 e. The number of benzene rings is 1. The molecule has 2 aliphatic rings. The summed E-state index contributed by atoms with van der Waals surface area (Å²) in [5.41, 5.74) is 2.44. The number of anilines is 1. The number of aryl methyl sites for hydroxylation is 1. The van der Waals surface area contributed by atoms with Crippen molar-refractivity contribution in [3.05, 3.63) is 75.7 Å². The second-order valence-corrected chi connectivity index (χ2v) is 12.5. The fourth-order valence-electron chi connectivity index (χ4n) is 6.15. The van der Waals surface area contributed by atoms with Crippen LogP contribution in [0, 0.1) is 17.3 Å². The minimum absolute atomic E-state index is 0.150. The molecule has 1 saturated heterocycles. The van der Waals surface area contributed by atoms with Crippen molar-refractivity contribution in [2.45, 2.75) is 59.0 Å². The molecule has 2 aromatic heterocycles. The Bertz CT molecular complexity index is 1390. The van der Waals surface area contributed by atoms with Crippen molar-refractivity contribution in [1.82, 2.24) is 24.6 Å². The summed E-state index contributed by atoms with van der Waals surface area (Å²) >= 11 is 0. The van der Waals surface area contributed by atoms with E-state index in [9.17, 15) is 9.59 Å².